The van der Waals surface area contributed by atoms with E-state index in [2.05, 4.69) is 15.6 Å². The van der Waals surface area contributed by atoms with Crippen molar-refractivity contribution in [2.45, 2.75) is 32.3 Å². The van der Waals surface area contributed by atoms with Gasteiger partial charge in [-0.25, -0.2) is 0 Å². The normalized spacial score (nSPS) is 9.67. The van der Waals surface area contributed by atoms with Crippen LogP contribution in [0, 0.1) is 0 Å². The number of para-hydroxylation sites is 2. The van der Waals surface area contributed by atoms with Crippen molar-refractivity contribution in [3.63, 3.8) is 0 Å². The van der Waals surface area contributed by atoms with Gasteiger partial charge in [0.2, 0.25) is 12.3 Å². The first-order valence-electron chi connectivity index (χ1n) is 8.86. The van der Waals surface area contributed by atoms with E-state index in [0.717, 1.165) is 24.8 Å². The molecule has 27 heavy (non-hydrogen) atoms. The predicted octanol–water partition coefficient (Wildman–Crippen LogP) is 2.74. The standard InChI is InChI=1S/C13H19N3O2.C7H9NO/c14-11-6-3-4-7-12(11)16-13(18)8-2-1-5-9-15-10-17;1-9-6-7-3-2-4-8-5-7/h3-4,6-7,10H,1-2,5,8-9,14H2,(H,15,17)(H,16,18);2-5H,6H2,1H3. The second-order valence-corrected chi connectivity index (χ2v) is 5.81. The fourth-order valence-electron chi connectivity index (χ4n) is 2.22. The van der Waals surface area contributed by atoms with Gasteiger partial charge in [0.05, 0.1) is 18.0 Å². The quantitative estimate of drug-likeness (QED) is 0.338. The Morgan fingerprint density at radius 2 is 2.00 bits per heavy atom. The molecule has 0 aliphatic carbocycles. The maximum atomic E-state index is 11.6. The molecule has 146 valence electrons. The summed E-state index contributed by atoms with van der Waals surface area (Å²) in [5, 5.41) is 5.36. The van der Waals surface area contributed by atoms with E-state index in [-0.39, 0.29) is 5.91 Å². The first-order valence-corrected chi connectivity index (χ1v) is 8.86. The Hall–Kier alpha value is -2.93. The van der Waals surface area contributed by atoms with Gasteiger partial charge in [0.15, 0.2) is 0 Å². The first kappa shape index (κ1) is 22.1. The zero-order valence-corrected chi connectivity index (χ0v) is 15.7. The Morgan fingerprint density at radius 1 is 1.19 bits per heavy atom. The van der Waals surface area contributed by atoms with E-state index in [1.807, 2.05) is 24.3 Å². The number of aromatic nitrogens is 1. The molecule has 0 unspecified atom stereocenters. The van der Waals surface area contributed by atoms with Crippen LogP contribution in [-0.4, -0.2) is 31.0 Å². The van der Waals surface area contributed by atoms with Crippen LogP contribution in [0.5, 0.6) is 0 Å². The number of amides is 2. The average molecular weight is 372 g/mol. The minimum Gasteiger partial charge on any atom is -0.397 e. The molecule has 0 saturated heterocycles. The van der Waals surface area contributed by atoms with Crippen LogP contribution < -0.4 is 16.4 Å². The molecule has 2 rings (SSSR count). The molecule has 0 spiro atoms. The number of nitrogen functional groups attached to an aromatic ring is 1. The third-order valence-corrected chi connectivity index (χ3v) is 3.58. The molecule has 7 heteroatoms. The molecule has 1 heterocycles. The molecule has 0 saturated carbocycles. The number of nitrogens with one attached hydrogen (secondary N) is 2. The van der Waals surface area contributed by atoms with Gasteiger partial charge in [-0.05, 0) is 36.6 Å². The van der Waals surface area contributed by atoms with Crippen molar-refractivity contribution in [2.24, 2.45) is 0 Å². The number of anilines is 2. The van der Waals surface area contributed by atoms with Crippen LogP contribution in [-0.2, 0) is 20.9 Å². The van der Waals surface area contributed by atoms with Crippen LogP contribution in [0.25, 0.3) is 0 Å². The summed E-state index contributed by atoms with van der Waals surface area (Å²) in [5.74, 6) is -0.0313. The van der Waals surface area contributed by atoms with Crippen LogP contribution >= 0.6 is 0 Å². The number of rotatable bonds is 10. The topological polar surface area (TPSA) is 106 Å². The highest BCUT2D eigenvalue weighted by molar-refractivity contribution is 5.93. The van der Waals surface area contributed by atoms with Gasteiger partial charge in [0.25, 0.3) is 0 Å². The molecule has 0 bridgehead atoms. The molecule has 7 nitrogen and oxygen atoms in total. The van der Waals surface area contributed by atoms with Gasteiger partial charge in [-0.3, -0.25) is 14.6 Å². The second-order valence-electron chi connectivity index (χ2n) is 5.81. The zero-order valence-electron chi connectivity index (χ0n) is 15.7. The lowest BCUT2D eigenvalue weighted by molar-refractivity contribution is -0.116. The average Bonchev–Trinajstić information content (AvgIpc) is 2.68. The summed E-state index contributed by atoms with van der Waals surface area (Å²) in [7, 11) is 1.67. The van der Waals surface area contributed by atoms with Crippen LogP contribution in [0.2, 0.25) is 0 Å². The molecular weight excluding hydrogens is 344 g/mol. The lowest BCUT2D eigenvalue weighted by Gasteiger charge is -2.07. The third-order valence-electron chi connectivity index (χ3n) is 3.58. The number of hydrogen-bond donors (Lipinski definition) is 3. The van der Waals surface area contributed by atoms with Crippen LogP contribution in [0.4, 0.5) is 11.4 Å². The molecule has 0 radical (unpaired) electrons. The third kappa shape index (κ3) is 10.6. The summed E-state index contributed by atoms with van der Waals surface area (Å²) < 4.78 is 4.89. The number of nitrogens with zero attached hydrogens (tertiary/aromatic N) is 1. The minimum absolute atomic E-state index is 0.0313. The molecule has 1 aromatic carbocycles. The highest BCUT2D eigenvalue weighted by Crippen LogP contribution is 2.17. The van der Waals surface area contributed by atoms with Crippen molar-refractivity contribution in [1.82, 2.24) is 10.3 Å². The lowest BCUT2D eigenvalue weighted by Crippen LogP contribution is -2.14. The largest absolute Gasteiger partial charge is 0.397 e. The number of carbonyl (C=O) groups is 2. The molecule has 0 fully saturated rings. The van der Waals surface area contributed by atoms with Gasteiger partial charge in [-0.1, -0.05) is 24.6 Å². The monoisotopic (exact) mass is 372 g/mol. The molecular formula is C20H28N4O3. The van der Waals surface area contributed by atoms with E-state index < -0.39 is 0 Å². The highest BCUT2D eigenvalue weighted by atomic mass is 16.5. The summed E-state index contributed by atoms with van der Waals surface area (Å²) in [6.07, 6.45) is 7.31. The molecule has 2 aromatic rings. The van der Waals surface area contributed by atoms with Crippen LogP contribution in [0.3, 0.4) is 0 Å². The number of ether oxygens (including phenoxy) is 1. The van der Waals surface area contributed by atoms with E-state index >= 15 is 0 Å². The first-order chi connectivity index (χ1) is 13.2. The van der Waals surface area contributed by atoms with E-state index in [0.29, 0.717) is 37.4 Å². The van der Waals surface area contributed by atoms with Crippen LogP contribution in [0.15, 0.2) is 48.8 Å². The number of unbranched alkanes of at least 4 members (excludes halogenated alkanes) is 2. The Morgan fingerprint density at radius 3 is 2.67 bits per heavy atom. The number of benzene rings is 1. The van der Waals surface area contributed by atoms with Crippen molar-refractivity contribution in [1.29, 1.82) is 0 Å². The summed E-state index contributed by atoms with van der Waals surface area (Å²) in [4.78, 5) is 25.5. The van der Waals surface area contributed by atoms with Gasteiger partial charge < -0.3 is 21.1 Å². The van der Waals surface area contributed by atoms with Gasteiger partial charge in [-0.2, -0.15) is 0 Å². The van der Waals surface area contributed by atoms with Crippen molar-refractivity contribution in [2.75, 3.05) is 24.7 Å². The molecule has 0 aliphatic heterocycles. The fourth-order valence-corrected chi connectivity index (χ4v) is 2.22. The smallest absolute Gasteiger partial charge is 0.224 e. The summed E-state index contributed by atoms with van der Waals surface area (Å²) >= 11 is 0. The van der Waals surface area contributed by atoms with Crippen molar-refractivity contribution >= 4 is 23.7 Å². The van der Waals surface area contributed by atoms with E-state index in [1.165, 1.54) is 0 Å². The Balaban J connectivity index is 0.000000337. The summed E-state index contributed by atoms with van der Waals surface area (Å²) in [6, 6.07) is 11.1. The predicted molar refractivity (Wildman–Crippen MR) is 107 cm³/mol. The Labute approximate surface area is 160 Å². The number of hydrogen-bond acceptors (Lipinski definition) is 5. The van der Waals surface area contributed by atoms with E-state index in [4.69, 9.17) is 10.5 Å². The highest BCUT2D eigenvalue weighted by Gasteiger charge is 2.04. The summed E-state index contributed by atoms with van der Waals surface area (Å²) in [5.41, 5.74) is 8.06. The molecule has 1 aromatic heterocycles. The SMILES string of the molecule is COCc1cccnc1.Nc1ccccc1NC(=O)CCCCCNC=O. The van der Waals surface area contributed by atoms with Crippen LogP contribution in [0.1, 0.15) is 31.2 Å². The maximum Gasteiger partial charge on any atom is 0.224 e. The lowest BCUT2D eigenvalue weighted by atomic mass is 10.2. The van der Waals surface area contributed by atoms with Gasteiger partial charge in [-0.15, -0.1) is 0 Å². The Kier molecular flexibility index (Phi) is 11.7. The van der Waals surface area contributed by atoms with Gasteiger partial charge in [0.1, 0.15) is 0 Å². The van der Waals surface area contributed by atoms with E-state index in [9.17, 15) is 9.59 Å². The fraction of sp³-hybridized carbons (Fsp3) is 0.350. The zero-order chi connectivity index (χ0) is 19.7. The number of methoxy groups -OCH3 is 1. The van der Waals surface area contributed by atoms with E-state index in [1.54, 1.807) is 31.6 Å². The van der Waals surface area contributed by atoms with Crippen molar-refractivity contribution in [3.05, 3.63) is 54.4 Å². The minimum atomic E-state index is -0.0313. The van der Waals surface area contributed by atoms with Gasteiger partial charge >= 0.3 is 0 Å². The molecule has 0 aliphatic rings. The Bertz CT molecular complexity index is 665. The number of nitrogens with two attached hydrogens (primary N) is 1. The second kappa shape index (κ2) is 14.3. The molecule has 4 N–H and O–H groups in total. The maximum absolute atomic E-state index is 11.6. The van der Waals surface area contributed by atoms with Crippen molar-refractivity contribution in [3.8, 4) is 0 Å². The number of pyridine rings is 1. The summed E-state index contributed by atoms with van der Waals surface area (Å²) in [6.45, 7) is 1.31. The van der Waals surface area contributed by atoms with Crippen molar-refractivity contribution < 1.29 is 14.3 Å². The number of carbonyl (C=O) groups excluding carboxylic acids is 2. The van der Waals surface area contributed by atoms with Gasteiger partial charge in [0, 0.05) is 32.5 Å². The molecule has 2 amide bonds. The molecule has 0 atom stereocenters.